The number of rotatable bonds is 2. The van der Waals surface area contributed by atoms with Crippen molar-refractivity contribution >= 4 is 17.9 Å². The Bertz CT molecular complexity index is 869. The number of cyclic esters (lactones) is 1. The summed E-state index contributed by atoms with van der Waals surface area (Å²) in [6.07, 6.45) is 5.42. The van der Waals surface area contributed by atoms with Crippen molar-refractivity contribution in [1.29, 1.82) is 0 Å². The molecule has 1 N–H and O–H groups in total. The van der Waals surface area contributed by atoms with Crippen LogP contribution in [0.15, 0.2) is 34.7 Å². The van der Waals surface area contributed by atoms with Gasteiger partial charge in [0.1, 0.15) is 17.6 Å². The molecule has 2 aliphatic heterocycles. The van der Waals surface area contributed by atoms with Crippen LogP contribution in [0.3, 0.4) is 0 Å². The van der Waals surface area contributed by atoms with Crippen LogP contribution in [0.5, 0.6) is 0 Å². The van der Waals surface area contributed by atoms with Crippen molar-refractivity contribution in [2.45, 2.75) is 44.8 Å². The Morgan fingerprint density at radius 1 is 1.26 bits per heavy atom. The maximum absolute atomic E-state index is 13.2. The minimum absolute atomic E-state index is 0.0369. The number of hydrogen-bond acceptors (Lipinski definition) is 6. The SMILES string of the molecule is CC1CCC23C(=O)OC(CC=C2C(=O)O)C3C12CC(c1ccoc1)OC2=O. The van der Waals surface area contributed by atoms with Gasteiger partial charge >= 0.3 is 17.9 Å². The Hall–Kier alpha value is -2.57. The normalized spacial score (nSPS) is 42.5. The summed E-state index contributed by atoms with van der Waals surface area (Å²) in [5.41, 5.74) is -1.34. The number of esters is 2. The van der Waals surface area contributed by atoms with Crippen LogP contribution < -0.4 is 0 Å². The first-order valence-corrected chi connectivity index (χ1v) is 9.29. The van der Waals surface area contributed by atoms with Gasteiger partial charge in [-0.1, -0.05) is 13.0 Å². The number of aliphatic carboxylic acids is 1. The van der Waals surface area contributed by atoms with Gasteiger partial charge in [0, 0.05) is 24.3 Å². The molecule has 27 heavy (non-hydrogen) atoms. The van der Waals surface area contributed by atoms with E-state index in [-0.39, 0.29) is 17.5 Å². The van der Waals surface area contributed by atoms with Crippen LogP contribution in [0.25, 0.3) is 0 Å². The van der Waals surface area contributed by atoms with Gasteiger partial charge in [0.25, 0.3) is 0 Å². The summed E-state index contributed by atoms with van der Waals surface area (Å²) in [7, 11) is 0. The fraction of sp³-hybridized carbons (Fsp3) is 0.550. The predicted octanol–water partition coefficient (Wildman–Crippen LogP) is 2.63. The van der Waals surface area contributed by atoms with E-state index < -0.39 is 40.9 Å². The molecule has 3 heterocycles. The second kappa shape index (κ2) is 5.24. The zero-order chi connectivity index (χ0) is 19.0. The molecule has 6 atom stereocenters. The Labute approximate surface area is 155 Å². The van der Waals surface area contributed by atoms with Gasteiger partial charge in [-0.05, 0) is 24.8 Å². The third-order valence-corrected chi connectivity index (χ3v) is 7.26. The quantitative estimate of drug-likeness (QED) is 0.796. The molecule has 1 aromatic rings. The van der Waals surface area contributed by atoms with Gasteiger partial charge in [0.15, 0.2) is 0 Å². The number of carbonyl (C=O) groups excluding carboxylic acids is 2. The lowest BCUT2D eigenvalue weighted by Gasteiger charge is -2.51. The maximum atomic E-state index is 13.2. The monoisotopic (exact) mass is 372 g/mol. The highest BCUT2D eigenvalue weighted by molar-refractivity contribution is 6.00. The van der Waals surface area contributed by atoms with Gasteiger partial charge in [-0.2, -0.15) is 0 Å². The van der Waals surface area contributed by atoms with Crippen molar-refractivity contribution in [3.63, 3.8) is 0 Å². The average molecular weight is 372 g/mol. The molecule has 2 bridgehead atoms. The number of carbonyl (C=O) groups is 3. The van der Waals surface area contributed by atoms with Crippen LogP contribution in [-0.2, 0) is 23.9 Å². The summed E-state index contributed by atoms with van der Waals surface area (Å²) in [5.74, 6) is -2.52. The van der Waals surface area contributed by atoms with Crippen LogP contribution in [0, 0.1) is 22.7 Å². The Morgan fingerprint density at radius 2 is 2.07 bits per heavy atom. The lowest BCUT2D eigenvalue weighted by Crippen LogP contribution is -2.57. The molecule has 0 radical (unpaired) electrons. The molecule has 3 fully saturated rings. The summed E-state index contributed by atoms with van der Waals surface area (Å²) < 4.78 is 16.5. The van der Waals surface area contributed by atoms with Crippen LogP contribution >= 0.6 is 0 Å². The van der Waals surface area contributed by atoms with E-state index in [0.29, 0.717) is 25.7 Å². The predicted molar refractivity (Wildman–Crippen MR) is 89.1 cm³/mol. The molecular formula is C20H20O7. The summed E-state index contributed by atoms with van der Waals surface area (Å²) in [5, 5.41) is 9.77. The van der Waals surface area contributed by atoms with E-state index in [1.807, 2.05) is 6.92 Å². The third-order valence-electron chi connectivity index (χ3n) is 7.26. The molecular weight excluding hydrogens is 352 g/mol. The summed E-state index contributed by atoms with van der Waals surface area (Å²) in [4.78, 5) is 38.1. The van der Waals surface area contributed by atoms with E-state index in [0.717, 1.165) is 5.56 Å². The first kappa shape index (κ1) is 16.6. The Balaban J connectivity index is 1.66. The van der Waals surface area contributed by atoms with E-state index in [9.17, 15) is 19.5 Å². The molecule has 7 nitrogen and oxygen atoms in total. The van der Waals surface area contributed by atoms with Gasteiger partial charge in [-0.25, -0.2) is 4.79 Å². The second-order valence-electron chi connectivity index (χ2n) is 8.19. The van der Waals surface area contributed by atoms with E-state index in [1.54, 1.807) is 18.4 Å². The zero-order valence-electron chi connectivity index (χ0n) is 14.8. The molecule has 4 aliphatic rings. The lowest BCUT2D eigenvalue weighted by molar-refractivity contribution is -0.163. The fourth-order valence-corrected chi connectivity index (χ4v) is 6.05. The van der Waals surface area contributed by atoms with Crippen molar-refractivity contribution in [3.05, 3.63) is 35.8 Å². The van der Waals surface area contributed by atoms with Gasteiger partial charge in [-0.3, -0.25) is 9.59 Å². The number of ether oxygens (including phenoxy) is 2. The molecule has 5 rings (SSSR count). The molecule has 0 amide bonds. The summed E-state index contributed by atoms with van der Waals surface area (Å²) in [6.45, 7) is 1.99. The van der Waals surface area contributed by atoms with Gasteiger partial charge in [-0.15, -0.1) is 0 Å². The first-order valence-electron chi connectivity index (χ1n) is 9.29. The van der Waals surface area contributed by atoms with Crippen LogP contribution in [0.1, 0.15) is 44.3 Å². The molecule has 2 saturated heterocycles. The maximum Gasteiger partial charge on any atom is 0.332 e. The topological polar surface area (TPSA) is 103 Å². The third kappa shape index (κ3) is 1.84. The van der Waals surface area contributed by atoms with Crippen LogP contribution in [0.2, 0.25) is 0 Å². The van der Waals surface area contributed by atoms with Crippen molar-refractivity contribution in [1.82, 2.24) is 0 Å². The number of hydrogen-bond donors (Lipinski definition) is 1. The highest BCUT2D eigenvalue weighted by atomic mass is 16.6. The van der Waals surface area contributed by atoms with Crippen molar-refractivity contribution in [2.75, 3.05) is 0 Å². The van der Waals surface area contributed by atoms with E-state index >= 15 is 0 Å². The van der Waals surface area contributed by atoms with Crippen LogP contribution in [-0.4, -0.2) is 29.1 Å². The number of furan rings is 1. The van der Waals surface area contributed by atoms with Gasteiger partial charge in [0.05, 0.1) is 23.5 Å². The Kier molecular flexibility index (Phi) is 3.22. The smallest absolute Gasteiger partial charge is 0.332 e. The van der Waals surface area contributed by atoms with E-state index in [1.165, 1.54) is 6.26 Å². The summed E-state index contributed by atoms with van der Waals surface area (Å²) in [6, 6.07) is 1.76. The zero-order valence-corrected chi connectivity index (χ0v) is 14.8. The molecule has 6 unspecified atom stereocenters. The van der Waals surface area contributed by atoms with Crippen molar-refractivity contribution in [3.8, 4) is 0 Å². The molecule has 2 aliphatic carbocycles. The summed E-state index contributed by atoms with van der Waals surface area (Å²) >= 11 is 0. The van der Waals surface area contributed by atoms with Gasteiger partial charge < -0.3 is 19.0 Å². The van der Waals surface area contributed by atoms with Crippen molar-refractivity contribution in [2.24, 2.45) is 22.7 Å². The van der Waals surface area contributed by atoms with Crippen molar-refractivity contribution < 1.29 is 33.4 Å². The highest BCUT2D eigenvalue weighted by Crippen LogP contribution is 2.69. The molecule has 0 aromatic carbocycles. The minimum atomic E-state index is -1.26. The average Bonchev–Trinajstić information content (AvgIpc) is 3.30. The molecule has 142 valence electrons. The molecule has 1 saturated carbocycles. The standard InChI is InChI=1S/C20H20O7/c1-10-4-6-19-12(16(21)22)2-3-13(26-17(19)23)15(19)20(10)8-14(27-18(20)24)11-5-7-25-9-11/h2,5,7,9-10,13-15H,3-4,6,8H2,1H3,(H,21,22). The minimum Gasteiger partial charge on any atom is -0.478 e. The molecule has 1 aromatic heterocycles. The molecule has 1 spiro atoms. The molecule has 7 heteroatoms. The van der Waals surface area contributed by atoms with E-state index in [4.69, 9.17) is 13.9 Å². The number of carboxylic acids is 1. The van der Waals surface area contributed by atoms with Gasteiger partial charge in [0.2, 0.25) is 0 Å². The fourth-order valence-electron chi connectivity index (χ4n) is 6.05. The van der Waals surface area contributed by atoms with E-state index in [2.05, 4.69) is 0 Å². The van der Waals surface area contributed by atoms with Crippen LogP contribution in [0.4, 0.5) is 0 Å². The second-order valence-corrected chi connectivity index (χ2v) is 8.19. The highest BCUT2D eigenvalue weighted by Gasteiger charge is 2.75. The largest absolute Gasteiger partial charge is 0.478 e. The lowest BCUT2D eigenvalue weighted by atomic mass is 9.46. The Morgan fingerprint density at radius 3 is 2.78 bits per heavy atom. The first-order chi connectivity index (χ1) is 12.9. The number of carboxylic acid groups (broad SMARTS) is 1.